The van der Waals surface area contributed by atoms with E-state index in [-0.39, 0.29) is 6.61 Å². The van der Waals surface area contributed by atoms with Gasteiger partial charge >= 0.3 is 0 Å². The summed E-state index contributed by atoms with van der Waals surface area (Å²) in [5.41, 5.74) is 8.52. The van der Waals surface area contributed by atoms with Crippen LogP contribution in [0, 0.1) is 0 Å². The van der Waals surface area contributed by atoms with E-state index in [1.807, 2.05) is 48.5 Å². The molecular formula is C15H17NO2. The first-order chi connectivity index (χ1) is 8.81. The van der Waals surface area contributed by atoms with Crippen molar-refractivity contribution in [3.05, 3.63) is 59.7 Å². The molecule has 0 fully saturated rings. The Balaban J connectivity index is 2.11. The van der Waals surface area contributed by atoms with Crippen LogP contribution in [0.4, 0.5) is 5.69 Å². The number of nitrogen functional groups attached to an aromatic ring is 1. The molecule has 0 saturated heterocycles. The van der Waals surface area contributed by atoms with Gasteiger partial charge in [-0.2, -0.15) is 0 Å². The van der Waals surface area contributed by atoms with Gasteiger partial charge < -0.3 is 15.6 Å². The Morgan fingerprint density at radius 2 is 1.78 bits per heavy atom. The van der Waals surface area contributed by atoms with Crippen molar-refractivity contribution in [3.8, 4) is 5.75 Å². The van der Waals surface area contributed by atoms with Crippen LogP contribution in [-0.4, -0.2) is 11.7 Å². The standard InChI is InChI=1S/C15H17NO2/c16-14-7-4-8-15(13(14)9-10-17)18-11-12-5-2-1-3-6-12/h1-8,17H,9-11,16H2. The van der Waals surface area contributed by atoms with Gasteiger partial charge in [0.05, 0.1) is 0 Å². The lowest BCUT2D eigenvalue weighted by Crippen LogP contribution is -2.03. The van der Waals surface area contributed by atoms with Gasteiger partial charge in [-0.25, -0.2) is 0 Å². The van der Waals surface area contributed by atoms with Gasteiger partial charge in [-0.3, -0.25) is 0 Å². The zero-order chi connectivity index (χ0) is 12.8. The van der Waals surface area contributed by atoms with E-state index >= 15 is 0 Å². The van der Waals surface area contributed by atoms with Gasteiger partial charge in [-0.15, -0.1) is 0 Å². The average molecular weight is 243 g/mol. The monoisotopic (exact) mass is 243 g/mol. The van der Waals surface area contributed by atoms with Crippen molar-refractivity contribution in [1.29, 1.82) is 0 Å². The number of hydrogen-bond donors (Lipinski definition) is 2. The Bertz CT molecular complexity index is 497. The van der Waals surface area contributed by atoms with Crippen LogP contribution in [0.25, 0.3) is 0 Å². The van der Waals surface area contributed by atoms with Gasteiger partial charge in [-0.1, -0.05) is 36.4 Å². The molecule has 0 spiro atoms. The van der Waals surface area contributed by atoms with Crippen LogP contribution in [0.1, 0.15) is 11.1 Å². The second-order valence-electron chi connectivity index (χ2n) is 4.07. The number of ether oxygens (including phenoxy) is 1. The van der Waals surface area contributed by atoms with E-state index in [9.17, 15) is 0 Å². The predicted octanol–water partition coefficient (Wildman–Crippen LogP) is 2.38. The highest BCUT2D eigenvalue weighted by atomic mass is 16.5. The molecule has 0 atom stereocenters. The molecule has 18 heavy (non-hydrogen) atoms. The zero-order valence-electron chi connectivity index (χ0n) is 10.2. The van der Waals surface area contributed by atoms with E-state index in [1.54, 1.807) is 0 Å². The lowest BCUT2D eigenvalue weighted by molar-refractivity contribution is 0.284. The second-order valence-corrected chi connectivity index (χ2v) is 4.07. The quantitative estimate of drug-likeness (QED) is 0.793. The molecule has 0 aliphatic carbocycles. The SMILES string of the molecule is Nc1cccc(OCc2ccccc2)c1CCO. The minimum Gasteiger partial charge on any atom is -0.489 e. The largest absolute Gasteiger partial charge is 0.489 e. The van der Waals surface area contributed by atoms with Crippen LogP contribution >= 0.6 is 0 Å². The van der Waals surface area contributed by atoms with Gasteiger partial charge in [-0.05, 0) is 17.7 Å². The molecule has 0 amide bonds. The summed E-state index contributed by atoms with van der Waals surface area (Å²) in [6.45, 7) is 0.568. The highest BCUT2D eigenvalue weighted by Gasteiger charge is 2.07. The minimum atomic E-state index is 0.0654. The summed E-state index contributed by atoms with van der Waals surface area (Å²) >= 11 is 0. The number of nitrogens with two attached hydrogens (primary N) is 1. The third kappa shape index (κ3) is 3.02. The van der Waals surface area contributed by atoms with Crippen molar-refractivity contribution in [2.24, 2.45) is 0 Å². The van der Waals surface area contributed by atoms with Gasteiger partial charge in [0.15, 0.2) is 0 Å². The molecule has 0 aliphatic rings. The predicted molar refractivity (Wildman–Crippen MR) is 72.4 cm³/mol. The first kappa shape index (κ1) is 12.5. The van der Waals surface area contributed by atoms with Crippen LogP contribution in [0.3, 0.4) is 0 Å². The molecule has 0 radical (unpaired) electrons. The second kappa shape index (κ2) is 6.07. The van der Waals surface area contributed by atoms with Gasteiger partial charge in [0.25, 0.3) is 0 Å². The number of rotatable bonds is 5. The summed E-state index contributed by atoms with van der Waals surface area (Å²) in [6, 6.07) is 15.5. The van der Waals surface area contributed by atoms with Crippen molar-refractivity contribution in [3.63, 3.8) is 0 Å². The third-order valence-corrected chi connectivity index (χ3v) is 2.77. The van der Waals surface area contributed by atoms with Crippen LogP contribution in [-0.2, 0) is 13.0 Å². The first-order valence-electron chi connectivity index (χ1n) is 5.96. The normalized spacial score (nSPS) is 10.3. The molecule has 0 aliphatic heterocycles. The van der Waals surface area contributed by atoms with Crippen LogP contribution in [0.5, 0.6) is 5.75 Å². The molecule has 3 nitrogen and oxygen atoms in total. The Morgan fingerprint density at radius 3 is 2.50 bits per heavy atom. The molecule has 3 N–H and O–H groups in total. The molecule has 94 valence electrons. The maximum absolute atomic E-state index is 9.04. The highest BCUT2D eigenvalue weighted by Crippen LogP contribution is 2.25. The summed E-state index contributed by atoms with van der Waals surface area (Å²) in [5.74, 6) is 0.743. The van der Waals surface area contributed by atoms with Crippen molar-refractivity contribution in [2.75, 3.05) is 12.3 Å². The molecule has 2 rings (SSSR count). The fourth-order valence-electron chi connectivity index (χ4n) is 1.83. The molecule has 0 aromatic heterocycles. The van der Waals surface area contributed by atoms with Crippen LogP contribution < -0.4 is 10.5 Å². The van der Waals surface area contributed by atoms with E-state index in [1.165, 1.54) is 0 Å². The number of aliphatic hydroxyl groups excluding tert-OH is 1. The summed E-state index contributed by atoms with van der Waals surface area (Å²) < 4.78 is 5.77. The zero-order valence-corrected chi connectivity index (χ0v) is 10.2. The van der Waals surface area contributed by atoms with Crippen LogP contribution in [0.2, 0.25) is 0 Å². The van der Waals surface area contributed by atoms with Gasteiger partial charge in [0, 0.05) is 24.3 Å². The lowest BCUT2D eigenvalue weighted by atomic mass is 10.1. The summed E-state index contributed by atoms with van der Waals surface area (Å²) in [6.07, 6.45) is 0.511. The number of benzene rings is 2. The number of hydrogen-bond acceptors (Lipinski definition) is 3. The van der Waals surface area contributed by atoms with Crippen molar-refractivity contribution < 1.29 is 9.84 Å². The third-order valence-electron chi connectivity index (χ3n) is 2.77. The molecule has 0 bridgehead atoms. The smallest absolute Gasteiger partial charge is 0.125 e. The maximum atomic E-state index is 9.04. The Labute approximate surface area is 107 Å². The summed E-state index contributed by atoms with van der Waals surface area (Å²) in [5, 5.41) is 9.04. The van der Waals surface area contributed by atoms with E-state index in [0.717, 1.165) is 16.9 Å². The van der Waals surface area contributed by atoms with Crippen LogP contribution in [0.15, 0.2) is 48.5 Å². The molecule has 0 heterocycles. The number of aliphatic hydroxyl groups is 1. The topological polar surface area (TPSA) is 55.5 Å². The van der Waals surface area contributed by atoms with E-state index in [2.05, 4.69) is 0 Å². The van der Waals surface area contributed by atoms with E-state index < -0.39 is 0 Å². The van der Waals surface area contributed by atoms with E-state index in [4.69, 9.17) is 15.6 Å². The van der Waals surface area contributed by atoms with Crippen molar-refractivity contribution in [1.82, 2.24) is 0 Å². The lowest BCUT2D eigenvalue weighted by Gasteiger charge is -2.13. The Kier molecular flexibility index (Phi) is 4.20. The average Bonchev–Trinajstić information content (AvgIpc) is 2.41. The molecule has 0 unspecified atom stereocenters. The first-order valence-corrected chi connectivity index (χ1v) is 5.96. The highest BCUT2D eigenvalue weighted by molar-refractivity contribution is 5.54. The van der Waals surface area contributed by atoms with Gasteiger partial charge in [0.2, 0.25) is 0 Å². The number of anilines is 1. The van der Waals surface area contributed by atoms with Crippen molar-refractivity contribution >= 4 is 5.69 Å². The molecular weight excluding hydrogens is 226 g/mol. The minimum absolute atomic E-state index is 0.0654. The van der Waals surface area contributed by atoms with Crippen molar-refractivity contribution in [2.45, 2.75) is 13.0 Å². The van der Waals surface area contributed by atoms with Gasteiger partial charge in [0.1, 0.15) is 12.4 Å². The molecule has 0 saturated carbocycles. The summed E-state index contributed by atoms with van der Waals surface area (Å²) in [7, 11) is 0. The summed E-state index contributed by atoms with van der Waals surface area (Å²) in [4.78, 5) is 0. The molecule has 3 heteroatoms. The Morgan fingerprint density at radius 1 is 1.00 bits per heavy atom. The van der Waals surface area contributed by atoms with E-state index in [0.29, 0.717) is 18.7 Å². The maximum Gasteiger partial charge on any atom is 0.125 e. The Hall–Kier alpha value is -2.00. The molecule has 2 aromatic rings. The molecule has 2 aromatic carbocycles. The fraction of sp³-hybridized carbons (Fsp3) is 0.200. The fourth-order valence-corrected chi connectivity index (χ4v) is 1.83.